The number of nitrogens with zero attached hydrogens (tertiary/aromatic N) is 2. The van der Waals surface area contributed by atoms with Crippen molar-refractivity contribution in [2.75, 3.05) is 31.6 Å². The van der Waals surface area contributed by atoms with Crippen LogP contribution in [0.2, 0.25) is 0 Å². The van der Waals surface area contributed by atoms with Crippen LogP contribution in [0.15, 0.2) is 18.2 Å². The summed E-state index contributed by atoms with van der Waals surface area (Å²) in [5.74, 6) is -0.644. The lowest BCUT2D eigenvalue weighted by molar-refractivity contribution is -0.126. The highest BCUT2D eigenvalue weighted by molar-refractivity contribution is 5.97. The lowest BCUT2D eigenvalue weighted by atomic mass is 10.2. The van der Waals surface area contributed by atoms with Gasteiger partial charge in [-0.05, 0) is 26.0 Å². The van der Waals surface area contributed by atoms with E-state index in [0.717, 1.165) is 0 Å². The number of hydrogen-bond acceptors (Lipinski definition) is 4. The summed E-state index contributed by atoms with van der Waals surface area (Å²) in [5, 5.41) is 2.59. The van der Waals surface area contributed by atoms with Crippen molar-refractivity contribution in [3.05, 3.63) is 24.0 Å². The lowest BCUT2D eigenvalue weighted by Crippen LogP contribution is -2.44. The van der Waals surface area contributed by atoms with E-state index in [0.29, 0.717) is 18.8 Å². The summed E-state index contributed by atoms with van der Waals surface area (Å²) in [4.78, 5) is 26.7. The zero-order valence-electron chi connectivity index (χ0n) is 12.9. The number of urea groups is 1. The van der Waals surface area contributed by atoms with Crippen molar-refractivity contribution >= 4 is 17.6 Å². The first-order valence-corrected chi connectivity index (χ1v) is 7.12. The van der Waals surface area contributed by atoms with Gasteiger partial charge in [-0.2, -0.15) is 0 Å². The average Bonchev–Trinajstić information content (AvgIpc) is 2.90. The van der Waals surface area contributed by atoms with Gasteiger partial charge in [0.05, 0.1) is 13.7 Å². The second-order valence-corrected chi connectivity index (χ2v) is 5.32. The van der Waals surface area contributed by atoms with Gasteiger partial charge in [0, 0.05) is 30.9 Å². The standard InChI is InChI=1S/C15H20FN3O3/c1-10(2)19(9-14(20)18-7-6-17-15(18)21)11-4-5-13(22-3)12(16)8-11/h4-5,8,10H,6-7,9H2,1-3H3,(H,17,21). The lowest BCUT2D eigenvalue weighted by Gasteiger charge is -2.29. The molecule has 0 aromatic heterocycles. The molecule has 7 heteroatoms. The fourth-order valence-electron chi connectivity index (χ4n) is 2.35. The molecular formula is C15H20FN3O3. The van der Waals surface area contributed by atoms with Crippen molar-refractivity contribution < 1.29 is 18.7 Å². The van der Waals surface area contributed by atoms with E-state index in [1.807, 2.05) is 13.8 Å². The Morgan fingerprint density at radius 2 is 2.23 bits per heavy atom. The molecule has 1 fully saturated rings. The minimum absolute atomic E-state index is 0.0108. The number of halogens is 1. The number of methoxy groups -OCH3 is 1. The maximum Gasteiger partial charge on any atom is 0.324 e. The number of benzene rings is 1. The highest BCUT2D eigenvalue weighted by Gasteiger charge is 2.28. The smallest absolute Gasteiger partial charge is 0.324 e. The van der Waals surface area contributed by atoms with Crippen LogP contribution in [-0.4, -0.2) is 49.6 Å². The molecule has 22 heavy (non-hydrogen) atoms. The van der Waals surface area contributed by atoms with Crippen LogP contribution in [0.25, 0.3) is 0 Å². The Bertz CT molecular complexity index is 577. The van der Waals surface area contributed by atoms with E-state index in [-0.39, 0.29) is 30.3 Å². The molecule has 0 saturated carbocycles. The Kier molecular flexibility index (Phi) is 4.85. The predicted molar refractivity (Wildman–Crippen MR) is 80.5 cm³/mol. The molecule has 1 aliphatic rings. The van der Waals surface area contributed by atoms with Gasteiger partial charge in [-0.25, -0.2) is 9.18 Å². The molecule has 0 atom stereocenters. The Labute approximate surface area is 128 Å². The van der Waals surface area contributed by atoms with Gasteiger partial charge in [-0.1, -0.05) is 0 Å². The zero-order valence-corrected chi connectivity index (χ0v) is 12.9. The number of nitrogens with one attached hydrogen (secondary N) is 1. The molecule has 120 valence electrons. The van der Waals surface area contributed by atoms with Gasteiger partial charge in [-0.3, -0.25) is 9.69 Å². The minimum atomic E-state index is -0.489. The number of carbonyl (C=O) groups excluding carboxylic acids is 2. The fourth-order valence-corrected chi connectivity index (χ4v) is 2.35. The SMILES string of the molecule is COc1ccc(N(CC(=O)N2CCNC2=O)C(C)C)cc1F. The van der Waals surface area contributed by atoms with Crippen molar-refractivity contribution in [2.24, 2.45) is 0 Å². The molecule has 6 nitrogen and oxygen atoms in total. The second kappa shape index (κ2) is 6.64. The summed E-state index contributed by atoms with van der Waals surface area (Å²) in [6, 6.07) is 4.14. The largest absolute Gasteiger partial charge is 0.494 e. The van der Waals surface area contributed by atoms with Crippen molar-refractivity contribution in [3.63, 3.8) is 0 Å². The van der Waals surface area contributed by atoms with Crippen molar-refractivity contribution in [1.29, 1.82) is 0 Å². The minimum Gasteiger partial charge on any atom is -0.494 e. The molecule has 0 radical (unpaired) electrons. The normalized spacial score (nSPS) is 14.2. The van der Waals surface area contributed by atoms with E-state index >= 15 is 0 Å². The highest BCUT2D eigenvalue weighted by Crippen LogP contribution is 2.25. The molecular weight excluding hydrogens is 289 g/mol. The van der Waals surface area contributed by atoms with Crippen LogP contribution in [0.5, 0.6) is 5.75 Å². The molecule has 0 unspecified atom stereocenters. The van der Waals surface area contributed by atoms with Crippen LogP contribution >= 0.6 is 0 Å². The molecule has 0 bridgehead atoms. The fraction of sp³-hybridized carbons (Fsp3) is 0.467. The van der Waals surface area contributed by atoms with E-state index in [9.17, 15) is 14.0 Å². The highest BCUT2D eigenvalue weighted by atomic mass is 19.1. The number of hydrogen-bond donors (Lipinski definition) is 1. The van der Waals surface area contributed by atoms with Gasteiger partial charge in [0.25, 0.3) is 0 Å². The number of rotatable bonds is 5. The molecule has 0 aliphatic carbocycles. The number of carbonyl (C=O) groups is 2. The first-order chi connectivity index (χ1) is 10.4. The molecule has 1 aromatic carbocycles. The Morgan fingerprint density at radius 1 is 1.50 bits per heavy atom. The third kappa shape index (κ3) is 3.29. The van der Waals surface area contributed by atoms with Crippen LogP contribution in [0.3, 0.4) is 0 Å². The summed E-state index contributed by atoms with van der Waals surface area (Å²) in [6.45, 7) is 4.64. The maximum atomic E-state index is 13.9. The molecule has 3 amide bonds. The van der Waals surface area contributed by atoms with E-state index in [4.69, 9.17) is 4.74 Å². The van der Waals surface area contributed by atoms with Crippen molar-refractivity contribution in [1.82, 2.24) is 10.2 Å². The van der Waals surface area contributed by atoms with Crippen LogP contribution in [0.4, 0.5) is 14.9 Å². The van der Waals surface area contributed by atoms with Gasteiger partial charge < -0.3 is 15.0 Å². The second-order valence-electron chi connectivity index (χ2n) is 5.32. The van der Waals surface area contributed by atoms with Crippen LogP contribution in [0, 0.1) is 5.82 Å². The molecule has 1 saturated heterocycles. The van der Waals surface area contributed by atoms with Crippen molar-refractivity contribution in [3.8, 4) is 5.75 Å². The van der Waals surface area contributed by atoms with E-state index < -0.39 is 5.82 Å². The summed E-state index contributed by atoms with van der Waals surface area (Å²) in [7, 11) is 1.40. The maximum absolute atomic E-state index is 13.9. The molecule has 1 heterocycles. The quantitative estimate of drug-likeness (QED) is 0.897. The topological polar surface area (TPSA) is 61.9 Å². The Morgan fingerprint density at radius 3 is 2.73 bits per heavy atom. The van der Waals surface area contributed by atoms with Gasteiger partial charge in [0.1, 0.15) is 0 Å². The molecule has 1 aromatic rings. The first kappa shape index (κ1) is 16.1. The number of imide groups is 1. The summed E-state index contributed by atoms with van der Waals surface area (Å²) >= 11 is 0. The van der Waals surface area contributed by atoms with E-state index in [1.54, 1.807) is 11.0 Å². The van der Waals surface area contributed by atoms with Gasteiger partial charge in [0.2, 0.25) is 5.91 Å². The molecule has 1 aliphatic heterocycles. The molecule has 2 rings (SSSR count). The van der Waals surface area contributed by atoms with Crippen molar-refractivity contribution in [2.45, 2.75) is 19.9 Å². The van der Waals surface area contributed by atoms with Crippen LogP contribution in [0.1, 0.15) is 13.8 Å². The summed E-state index contributed by atoms with van der Waals surface area (Å²) < 4.78 is 18.8. The predicted octanol–water partition coefficient (Wildman–Crippen LogP) is 1.60. The monoisotopic (exact) mass is 309 g/mol. The zero-order chi connectivity index (χ0) is 16.3. The Balaban J connectivity index is 2.18. The third-order valence-corrected chi connectivity index (χ3v) is 3.55. The van der Waals surface area contributed by atoms with Crippen LogP contribution < -0.4 is 15.0 Å². The third-order valence-electron chi connectivity index (χ3n) is 3.55. The number of ether oxygens (including phenoxy) is 1. The van der Waals surface area contributed by atoms with E-state index in [1.165, 1.54) is 24.1 Å². The summed E-state index contributed by atoms with van der Waals surface area (Å²) in [6.07, 6.45) is 0. The van der Waals surface area contributed by atoms with Crippen LogP contribution in [-0.2, 0) is 4.79 Å². The first-order valence-electron chi connectivity index (χ1n) is 7.12. The number of amides is 3. The summed E-state index contributed by atoms with van der Waals surface area (Å²) in [5.41, 5.74) is 0.571. The molecule has 0 spiro atoms. The van der Waals surface area contributed by atoms with Gasteiger partial charge in [-0.15, -0.1) is 0 Å². The Hall–Kier alpha value is -2.31. The van der Waals surface area contributed by atoms with E-state index in [2.05, 4.69) is 5.32 Å². The van der Waals surface area contributed by atoms with Gasteiger partial charge in [0.15, 0.2) is 11.6 Å². The number of anilines is 1. The average molecular weight is 309 g/mol. The molecule has 1 N–H and O–H groups in total. The van der Waals surface area contributed by atoms with Gasteiger partial charge >= 0.3 is 6.03 Å².